The number of para-hydroxylation sites is 1. The number of nitriles is 1. The van der Waals surface area contributed by atoms with Gasteiger partial charge in [-0.2, -0.15) is 10.4 Å². The van der Waals surface area contributed by atoms with E-state index < -0.39 is 5.54 Å². The van der Waals surface area contributed by atoms with Crippen LogP contribution in [0.1, 0.15) is 18.9 Å². The Morgan fingerprint density at radius 1 is 1.29 bits per heavy atom. The van der Waals surface area contributed by atoms with Gasteiger partial charge >= 0.3 is 0 Å². The number of amidine groups is 1. The van der Waals surface area contributed by atoms with Crippen molar-refractivity contribution in [3.05, 3.63) is 54.5 Å². The Kier molecular flexibility index (Phi) is 4.44. The number of aromatic nitrogens is 2. The molecule has 31 heavy (non-hydrogen) atoms. The quantitative estimate of drug-likeness (QED) is 0.672. The van der Waals surface area contributed by atoms with Gasteiger partial charge in [0, 0.05) is 12.7 Å². The topological polar surface area (TPSA) is 115 Å². The molecule has 1 aromatic heterocycles. The zero-order valence-corrected chi connectivity index (χ0v) is 18.3. The maximum Gasteiger partial charge on any atom is 0.261 e. The summed E-state index contributed by atoms with van der Waals surface area (Å²) >= 11 is 3.62. The fraction of sp³-hybridized carbons (Fsp3) is 0.286. The van der Waals surface area contributed by atoms with Crippen LogP contribution in [-0.2, 0) is 4.79 Å². The molecule has 0 spiro atoms. The molecule has 9 nitrogen and oxygen atoms in total. The number of rotatable bonds is 3. The monoisotopic (exact) mass is 478 g/mol. The van der Waals surface area contributed by atoms with Crippen LogP contribution in [-0.4, -0.2) is 49.7 Å². The number of hydrogen-bond acceptors (Lipinski definition) is 8. The Morgan fingerprint density at radius 3 is 2.74 bits per heavy atom. The molecule has 10 heteroatoms. The predicted octanol–water partition coefficient (Wildman–Crippen LogP) is 2.22. The zero-order chi connectivity index (χ0) is 21.8. The van der Waals surface area contributed by atoms with E-state index in [9.17, 15) is 10.1 Å². The van der Waals surface area contributed by atoms with Gasteiger partial charge in [-0.1, -0.05) is 34.1 Å². The van der Waals surface area contributed by atoms with E-state index in [4.69, 9.17) is 10.8 Å². The average molecular weight is 479 g/mol. The molecule has 0 aliphatic carbocycles. The van der Waals surface area contributed by atoms with E-state index in [1.54, 1.807) is 9.91 Å². The minimum Gasteiger partial charge on any atom is -0.382 e. The molecule has 2 N–H and O–H groups in total. The highest BCUT2D eigenvalue weighted by Crippen LogP contribution is 2.41. The fourth-order valence-corrected chi connectivity index (χ4v) is 4.67. The van der Waals surface area contributed by atoms with Crippen LogP contribution in [0.25, 0.3) is 0 Å². The Morgan fingerprint density at radius 2 is 2.06 bits per heavy atom. The first-order valence-corrected chi connectivity index (χ1v) is 10.8. The molecule has 0 bridgehead atoms. The van der Waals surface area contributed by atoms with Crippen molar-refractivity contribution in [2.75, 3.05) is 22.1 Å². The number of carbonyl (C=O) groups excluding carboxylic acids is 1. The van der Waals surface area contributed by atoms with E-state index in [1.165, 1.54) is 6.33 Å². The van der Waals surface area contributed by atoms with Crippen molar-refractivity contribution in [2.24, 2.45) is 5.10 Å². The van der Waals surface area contributed by atoms with Crippen LogP contribution in [0, 0.1) is 11.3 Å². The van der Waals surface area contributed by atoms with E-state index in [0.717, 1.165) is 12.1 Å². The smallest absolute Gasteiger partial charge is 0.261 e. The first-order valence-electron chi connectivity index (χ1n) is 9.84. The second kappa shape index (κ2) is 7.06. The Balaban J connectivity index is 1.61. The number of nitrogen functional groups attached to an aromatic ring is 1. The number of hydrogen-bond donors (Lipinski definition) is 1. The van der Waals surface area contributed by atoms with Crippen LogP contribution in [0.15, 0.2) is 54.0 Å². The summed E-state index contributed by atoms with van der Waals surface area (Å²) in [5.41, 5.74) is 6.00. The number of halogens is 1. The lowest BCUT2D eigenvalue weighted by Crippen LogP contribution is -2.68. The summed E-state index contributed by atoms with van der Waals surface area (Å²) < 4.78 is 0. The van der Waals surface area contributed by atoms with Gasteiger partial charge in [0.15, 0.2) is 17.2 Å². The molecule has 5 rings (SSSR count). The number of benzene rings is 1. The second-order valence-corrected chi connectivity index (χ2v) is 8.72. The van der Waals surface area contributed by atoms with Crippen LogP contribution in [0.2, 0.25) is 0 Å². The van der Waals surface area contributed by atoms with Gasteiger partial charge in [0.1, 0.15) is 23.8 Å². The second-order valence-electron chi connectivity index (χ2n) is 7.74. The van der Waals surface area contributed by atoms with Gasteiger partial charge in [0.2, 0.25) is 0 Å². The summed E-state index contributed by atoms with van der Waals surface area (Å²) in [6.45, 7) is 2.54. The molecule has 156 valence electrons. The number of hydrazone groups is 1. The lowest BCUT2D eigenvalue weighted by Gasteiger charge is -2.49. The summed E-state index contributed by atoms with van der Waals surface area (Å²) in [5, 5.41) is 16.2. The van der Waals surface area contributed by atoms with Gasteiger partial charge in [0.25, 0.3) is 5.91 Å². The molecule has 2 aromatic rings. The first kappa shape index (κ1) is 19.5. The number of carbonyl (C=O) groups is 1. The molecule has 0 saturated carbocycles. The van der Waals surface area contributed by atoms with E-state index >= 15 is 0 Å². The van der Waals surface area contributed by atoms with Crippen molar-refractivity contribution in [1.82, 2.24) is 15.0 Å². The standard InChI is InChI=1S/C21H19BrN8O/c1-21-16(22)8-10-29(21)27-19(30(20(21)31)13-5-3-2-4-6-13)15-7-9-28(15)18-14(11-23)17(24)25-12-26-18/h2-6,8,10,12,15-16H,7,9H2,1H3,(H2,24,25,26). The Labute approximate surface area is 187 Å². The van der Waals surface area contributed by atoms with E-state index in [2.05, 4.69) is 32.0 Å². The highest BCUT2D eigenvalue weighted by atomic mass is 79.9. The van der Waals surface area contributed by atoms with E-state index in [-0.39, 0.29) is 28.2 Å². The zero-order valence-electron chi connectivity index (χ0n) is 16.7. The highest BCUT2D eigenvalue weighted by Gasteiger charge is 2.55. The Bertz CT molecular complexity index is 1160. The van der Waals surface area contributed by atoms with Gasteiger partial charge in [-0.15, -0.1) is 0 Å². The lowest BCUT2D eigenvalue weighted by molar-refractivity contribution is -0.127. The third-order valence-electron chi connectivity index (χ3n) is 6.06. The van der Waals surface area contributed by atoms with Crippen molar-refractivity contribution in [2.45, 2.75) is 29.8 Å². The lowest BCUT2D eigenvalue weighted by atomic mass is 9.93. The molecule has 1 aromatic carbocycles. The molecule has 3 aliphatic rings. The number of fused-ring (bicyclic) bond motifs is 1. The molecule has 0 radical (unpaired) electrons. The maximum absolute atomic E-state index is 13.8. The van der Waals surface area contributed by atoms with E-state index in [0.29, 0.717) is 18.2 Å². The van der Waals surface area contributed by atoms with Gasteiger partial charge in [-0.25, -0.2) is 9.97 Å². The normalized spacial score (nSPS) is 26.9. The summed E-state index contributed by atoms with van der Waals surface area (Å²) in [6.07, 6.45) is 5.85. The van der Waals surface area contributed by atoms with Crippen molar-refractivity contribution in [3.63, 3.8) is 0 Å². The molecule has 1 saturated heterocycles. The van der Waals surface area contributed by atoms with Gasteiger partial charge < -0.3 is 10.6 Å². The van der Waals surface area contributed by atoms with Gasteiger partial charge in [-0.3, -0.25) is 14.7 Å². The van der Waals surface area contributed by atoms with Crippen molar-refractivity contribution in [1.29, 1.82) is 5.26 Å². The van der Waals surface area contributed by atoms with Crippen molar-refractivity contribution >= 4 is 45.0 Å². The molecule has 3 aliphatic heterocycles. The molecule has 3 atom stereocenters. The number of nitrogens with zero attached hydrogens (tertiary/aromatic N) is 7. The molecule has 3 unspecified atom stereocenters. The van der Waals surface area contributed by atoms with Crippen LogP contribution in [0.5, 0.6) is 0 Å². The summed E-state index contributed by atoms with van der Waals surface area (Å²) in [6, 6.07) is 11.3. The number of amides is 1. The third kappa shape index (κ3) is 2.73. The van der Waals surface area contributed by atoms with Crippen molar-refractivity contribution in [3.8, 4) is 6.07 Å². The Hall–Kier alpha value is -3.45. The van der Waals surface area contributed by atoms with Crippen LogP contribution in [0.4, 0.5) is 17.3 Å². The molecule has 4 heterocycles. The van der Waals surface area contributed by atoms with Crippen molar-refractivity contribution < 1.29 is 4.79 Å². The number of alkyl halides is 1. The highest BCUT2D eigenvalue weighted by molar-refractivity contribution is 9.09. The molecule has 1 amide bonds. The summed E-state index contributed by atoms with van der Waals surface area (Å²) in [5.74, 6) is 1.10. The van der Waals surface area contributed by atoms with Crippen LogP contribution in [0.3, 0.4) is 0 Å². The SMILES string of the molecule is CC12C(=O)N(c3ccccc3)C(C3CCN3c3ncnc(N)c3C#N)=NN1C=CC2Br. The van der Waals surface area contributed by atoms with E-state index in [1.807, 2.05) is 54.4 Å². The van der Waals surface area contributed by atoms with Crippen LogP contribution >= 0.6 is 15.9 Å². The molecular weight excluding hydrogens is 460 g/mol. The third-order valence-corrected chi connectivity index (χ3v) is 7.25. The minimum atomic E-state index is -0.870. The fourth-order valence-electron chi connectivity index (χ4n) is 4.13. The summed E-state index contributed by atoms with van der Waals surface area (Å²) in [7, 11) is 0. The summed E-state index contributed by atoms with van der Waals surface area (Å²) in [4.78, 5) is 25.5. The predicted molar refractivity (Wildman–Crippen MR) is 120 cm³/mol. The maximum atomic E-state index is 13.8. The average Bonchev–Trinajstić information content (AvgIpc) is 3.04. The van der Waals surface area contributed by atoms with Gasteiger partial charge in [0.05, 0.1) is 16.6 Å². The molecule has 1 fully saturated rings. The van der Waals surface area contributed by atoms with Crippen LogP contribution < -0.4 is 15.5 Å². The number of nitrogens with two attached hydrogens (primary N) is 1. The number of anilines is 3. The van der Waals surface area contributed by atoms with Gasteiger partial charge in [-0.05, 0) is 31.6 Å². The minimum absolute atomic E-state index is 0.0786. The first-order chi connectivity index (χ1) is 15.0. The largest absolute Gasteiger partial charge is 0.382 e. The molecular formula is C21H19BrN8O.